The first-order valence-corrected chi connectivity index (χ1v) is 11.0. The number of pyridine rings is 1. The third-order valence-electron chi connectivity index (χ3n) is 5.85. The zero-order valence-electron chi connectivity index (χ0n) is 18.5. The number of amides is 2. The molecule has 0 saturated heterocycles. The van der Waals surface area contributed by atoms with Gasteiger partial charge in [-0.15, -0.1) is 0 Å². The maximum atomic E-state index is 13.4. The molecule has 0 radical (unpaired) electrons. The Balaban J connectivity index is 1.24. The summed E-state index contributed by atoms with van der Waals surface area (Å²) in [6.07, 6.45) is -9.22. The van der Waals surface area contributed by atoms with Crippen LogP contribution in [0.5, 0.6) is 11.5 Å². The van der Waals surface area contributed by atoms with Gasteiger partial charge in [0.1, 0.15) is 28.7 Å². The number of hydrogen-bond acceptors (Lipinski definition) is 5. The number of nitrogens with one attached hydrogen (secondary N) is 2. The predicted molar refractivity (Wildman–Crippen MR) is 112 cm³/mol. The van der Waals surface area contributed by atoms with Crippen molar-refractivity contribution in [2.24, 2.45) is 0 Å². The van der Waals surface area contributed by atoms with Crippen LogP contribution in [-0.4, -0.2) is 41.1 Å². The van der Waals surface area contributed by atoms with Crippen molar-refractivity contribution in [2.75, 3.05) is 13.2 Å². The largest absolute Gasteiger partial charge is 0.484 e. The molecule has 7 nitrogen and oxygen atoms in total. The normalized spacial score (nSPS) is 22.4. The first-order chi connectivity index (χ1) is 17.1. The predicted octanol–water partition coefficient (Wildman–Crippen LogP) is 4.28. The second-order valence-corrected chi connectivity index (χ2v) is 9.32. The van der Waals surface area contributed by atoms with Crippen LogP contribution in [0.25, 0.3) is 0 Å². The number of aromatic nitrogens is 1. The number of rotatable bonds is 8. The van der Waals surface area contributed by atoms with E-state index in [2.05, 4.69) is 15.6 Å². The van der Waals surface area contributed by atoms with Crippen LogP contribution < -0.4 is 20.1 Å². The molecule has 5 rings (SSSR count). The van der Waals surface area contributed by atoms with Crippen molar-refractivity contribution in [3.63, 3.8) is 0 Å². The second kappa shape index (κ2) is 9.23. The Morgan fingerprint density at radius 1 is 0.838 bits per heavy atom. The highest BCUT2D eigenvalue weighted by Crippen LogP contribution is 2.60. The van der Waals surface area contributed by atoms with Gasteiger partial charge in [0.05, 0.1) is 5.02 Å². The van der Waals surface area contributed by atoms with Crippen LogP contribution in [-0.2, 0) is 21.9 Å². The van der Waals surface area contributed by atoms with Gasteiger partial charge in [-0.2, -0.15) is 26.3 Å². The number of carbonyl (C=O) groups excluding carboxylic acids is 2. The van der Waals surface area contributed by atoms with Crippen LogP contribution in [0.2, 0.25) is 5.02 Å². The number of halogens is 8. The summed E-state index contributed by atoms with van der Waals surface area (Å²) in [5, 5.41) is 5.29. The highest BCUT2D eigenvalue weighted by atomic mass is 35.5. The fourth-order valence-corrected chi connectivity index (χ4v) is 4.58. The molecular formula is C22H17ClF7N3O4. The van der Waals surface area contributed by atoms with Crippen LogP contribution in [0.1, 0.15) is 30.7 Å². The zero-order valence-corrected chi connectivity index (χ0v) is 19.3. The van der Waals surface area contributed by atoms with Crippen molar-refractivity contribution in [3.8, 4) is 11.5 Å². The van der Waals surface area contributed by atoms with Crippen molar-refractivity contribution in [3.05, 3.63) is 52.6 Å². The Labute approximate surface area is 209 Å². The quantitative estimate of drug-likeness (QED) is 0.475. The lowest BCUT2D eigenvalue weighted by Crippen LogP contribution is -2.84. The number of nitrogens with zero attached hydrogens (tertiary/aromatic N) is 1. The summed E-state index contributed by atoms with van der Waals surface area (Å²) in [7, 11) is 0. The van der Waals surface area contributed by atoms with Gasteiger partial charge < -0.3 is 20.1 Å². The molecule has 3 aliphatic carbocycles. The second-order valence-electron chi connectivity index (χ2n) is 8.91. The molecule has 37 heavy (non-hydrogen) atoms. The van der Waals surface area contributed by atoms with Gasteiger partial charge in [-0.05, 0) is 31.4 Å². The van der Waals surface area contributed by atoms with Crippen LogP contribution >= 0.6 is 11.6 Å². The van der Waals surface area contributed by atoms with Crippen LogP contribution in [0.15, 0.2) is 30.3 Å². The smallest absolute Gasteiger partial charge is 0.433 e. The van der Waals surface area contributed by atoms with E-state index < -0.39 is 64.8 Å². The van der Waals surface area contributed by atoms with E-state index in [1.54, 1.807) is 0 Å². The van der Waals surface area contributed by atoms with E-state index in [9.17, 15) is 40.3 Å². The highest BCUT2D eigenvalue weighted by molar-refractivity contribution is 6.30. The maximum Gasteiger partial charge on any atom is 0.433 e. The molecule has 2 aromatic rings. The first-order valence-electron chi connectivity index (χ1n) is 10.6. The number of ether oxygens (including phenoxy) is 2. The standard InChI is InChI=1S/C22H17ClF7N3O4/c23-13-2-1-11(3-14(13)24)36-6-17(34)32-19-8-20(9-19,10-19)33-18(35)7-37-12-4-15(21(25,26)27)31-16(5-12)22(28,29)30/h1-5H,6-10H2,(H,32,34)(H,33,35). The Morgan fingerprint density at radius 2 is 1.30 bits per heavy atom. The lowest BCUT2D eigenvalue weighted by atomic mass is 9.44. The van der Waals surface area contributed by atoms with E-state index >= 15 is 0 Å². The molecular weight excluding hydrogens is 539 g/mol. The van der Waals surface area contributed by atoms with Crippen molar-refractivity contribution < 1.29 is 49.8 Å². The summed E-state index contributed by atoms with van der Waals surface area (Å²) in [4.78, 5) is 26.9. The topological polar surface area (TPSA) is 89.5 Å². The lowest BCUT2D eigenvalue weighted by Gasteiger charge is -2.70. The summed E-state index contributed by atoms with van der Waals surface area (Å²) in [5.74, 6) is -2.64. The van der Waals surface area contributed by atoms with Crippen molar-refractivity contribution in [2.45, 2.75) is 42.7 Å². The molecule has 0 aliphatic heterocycles. The molecule has 2 amide bonds. The van der Waals surface area contributed by atoms with Crippen molar-refractivity contribution in [1.82, 2.24) is 15.6 Å². The summed E-state index contributed by atoms with van der Waals surface area (Å²) in [6, 6.07) is 4.25. The molecule has 0 atom stereocenters. The molecule has 200 valence electrons. The Bertz CT molecular complexity index is 1180. The molecule has 15 heteroatoms. The summed E-state index contributed by atoms with van der Waals surface area (Å²) >= 11 is 5.58. The van der Waals surface area contributed by atoms with Gasteiger partial charge in [-0.25, -0.2) is 9.37 Å². The van der Waals surface area contributed by atoms with E-state index in [0.717, 1.165) is 6.07 Å². The van der Waals surface area contributed by atoms with E-state index in [1.807, 2.05) is 0 Å². The van der Waals surface area contributed by atoms with Crippen LogP contribution in [0, 0.1) is 5.82 Å². The SMILES string of the molecule is O=C(COc1cc(C(F)(F)F)nc(C(F)(F)F)c1)NC12CC(NC(=O)COc3ccc(Cl)c(F)c3)(C1)C2. The Hall–Kier alpha value is -3.29. The molecule has 2 N–H and O–H groups in total. The van der Waals surface area contributed by atoms with Gasteiger partial charge in [0.2, 0.25) is 0 Å². The molecule has 1 heterocycles. The molecule has 3 saturated carbocycles. The Morgan fingerprint density at radius 3 is 1.73 bits per heavy atom. The fourth-order valence-electron chi connectivity index (χ4n) is 4.46. The van der Waals surface area contributed by atoms with Gasteiger partial charge in [0.25, 0.3) is 11.8 Å². The minimum Gasteiger partial charge on any atom is -0.484 e. The fraction of sp³-hybridized carbons (Fsp3) is 0.409. The van der Waals surface area contributed by atoms with Gasteiger partial charge in [0.15, 0.2) is 13.2 Å². The molecule has 3 fully saturated rings. The molecule has 1 aromatic heterocycles. The highest BCUT2D eigenvalue weighted by Gasteiger charge is 2.69. The third-order valence-corrected chi connectivity index (χ3v) is 6.16. The monoisotopic (exact) mass is 555 g/mol. The average Bonchev–Trinajstić information content (AvgIpc) is 2.75. The summed E-state index contributed by atoms with van der Waals surface area (Å²) < 4.78 is 101. The third kappa shape index (κ3) is 6.00. The molecule has 3 aliphatic rings. The molecule has 1 aromatic carbocycles. The number of hydrogen-bond donors (Lipinski definition) is 2. The maximum absolute atomic E-state index is 13.4. The first kappa shape index (κ1) is 26.8. The number of benzene rings is 1. The van der Waals surface area contributed by atoms with E-state index in [0.29, 0.717) is 19.3 Å². The minimum absolute atomic E-state index is 0.0960. The van der Waals surface area contributed by atoms with Crippen LogP contribution in [0.4, 0.5) is 30.7 Å². The summed E-state index contributed by atoms with van der Waals surface area (Å²) in [5.41, 5.74) is -4.85. The van der Waals surface area contributed by atoms with Crippen LogP contribution in [0.3, 0.4) is 0 Å². The molecule has 0 spiro atoms. The van der Waals surface area contributed by atoms with Crippen molar-refractivity contribution >= 4 is 23.4 Å². The average molecular weight is 556 g/mol. The van der Waals surface area contributed by atoms with Gasteiger partial charge in [-0.1, -0.05) is 11.6 Å². The van der Waals surface area contributed by atoms with Crippen molar-refractivity contribution in [1.29, 1.82) is 0 Å². The summed E-state index contributed by atoms with van der Waals surface area (Å²) in [6.45, 7) is -1.22. The molecule has 0 unspecified atom stereocenters. The van der Waals surface area contributed by atoms with E-state index in [1.165, 1.54) is 12.1 Å². The van der Waals surface area contributed by atoms with Gasteiger partial charge in [-0.3, -0.25) is 9.59 Å². The van der Waals surface area contributed by atoms with Gasteiger partial charge >= 0.3 is 12.4 Å². The Kier molecular flexibility index (Phi) is 6.67. The minimum atomic E-state index is -5.15. The van der Waals surface area contributed by atoms with Gasteiger partial charge in [0, 0.05) is 29.3 Å². The number of alkyl halides is 6. The zero-order chi connectivity index (χ0) is 27.2. The van der Waals surface area contributed by atoms with E-state index in [-0.39, 0.29) is 29.5 Å². The lowest BCUT2D eigenvalue weighted by molar-refractivity contribution is -0.151. The molecule has 2 bridgehead atoms. The van der Waals surface area contributed by atoms with E-state index in [4.69, 9.17) is 21.1 Å². The number of carbonyl (C=O) groups is 2.